The highest BCUT2D eigenvalue weighted by atomic mass is 16.5. The predicted octanol–water partition coefficient (Wildman–Crippen LogP) is 3.45. The fourth-order valence-electron chi connectivity index (χ4n) is 3.29. The summed E-state index contributed by atoms with van der Waals surface area (Å²) in [5.74, 6) is 1.06. The summed E-state index contributed by atoms with van der Waals surface area (Å²) in [6, 6.07) is 6.41. The molecule has 1 atom stereocenters. The van der Waals surface area contributed by atoms with Gasteiger partial charge in [0.25, 0.3) is 0 Å². The average molecular weight is 326 g/mol. The number of hydrogen-bond donors (Lipinski definition) is 3. The van der Waals surface area contributed by atoms with Crippen molar-refractivity contribution in [1.82, 2.24) is 0 Å². The number of rotatable bonds is 2. The van der Waals surface area contributed by atoms with Gasteiger partial charge in [-0.15, -0.1) is 0 Å². The standard InChI is InChI=1S/C19H18O5/c1-2-3-11-14(20)5-4-10-6-12-13-7-15(21)16(22)8-17(13)23-9-18(12)24-19(10)11/h4-8,18,20-22H,2-3,9H2,1H3. The van der Waals surface area contributed by atoms with Gasteiger partial charge < -0.3 is 24.8 Å². The summed E-state index contributed by atoms with van der Waals surface area (Å²) in [6.45, 7) is 2.36. The van der Waals surface area contributed by atoms with E-state index in [2.05, 4.69) is 6.92 Å². The normalized spacial score (nSPS) is 17.7. The van der Waals surface area contributed by atoms with Crippen molar-refractivity contribution < 1.29 is 24.8 Å². The van der Waals surface area contributed by atoms with E-state index in [1.807, 2.05) is 12.1 Å². The molecule has 0 amide bonds. The van der Waals surface area contributed by atoms with Crippen LogP contribution in [0.2, 0.25) is 0 Å². The third-order valence-electron chi connectivity index (χ3n) is 4.46. The maximum Gasteiger partial charge on any atom is 0.161 e. The van der Waals surface area contributed by atoms with Crippen LogP contribution in [-0.4, -0.2) is 28.0 Å². The van der Waals surface area contributed by atoms with Gasteiger partial charge in [0, 0.05) is 28.3 Å². The highest BCUT2D eigenvalue weighted by molar-refractivity contribution is 5.91. The quantitative estimate of drug-likeness (QED) is 0.737. The zero-order chi connectivity index (χ0) is 16.8. The Morgan fingerprint density at radius 2 is 1.88 bits per heavy atom. The molecule has 3 N–H and O–H groups in total. The van der Waals surface area contributed by atoms with Crippen molar-refractivity contribution in [3.63, 3.8) is 0 Å². The number of phenols is 3. The molecule has 2 aliphatic heterocycles. The molecular weight excluding hydrogens is 308 g/mol. The van der Waals surface area contributed by atoms with Crippen LogP contribution in [0, 0.1) is 0 Å². The molecule has 5 heteroatoms. The van der Waals surface area contributed by atoms with Crippen LogP contribution >= 0.6 is 0 Å². The van der Waals surface area contributed by atoms with Crippen molar-refractivity contribution in [2.24, 2.45) is 0 Å². The highest BCUT2D eigenvalue weighted by Gasteiger charge is 2.33. The topological polar surface area (TPSA) is 79.2 Å². The minimum atomic E-state index is -0.314. The minimum absolute atomic E-state index is 0.193. The van der Waals surface area contributed by atoms with Crippen LogP contribution in [-0.2, 0) is 6.42 Å². The predicted molar refractivity (Wildman–Crippen MR) is 89.7 cm³/mol. The first-order valence-corrected chi connectivity index (χ1v) is 8.00. The van der Waals surface area contributed by atoms with E-state index in [9.17, 15) is 15.3 Å². The number of ether oxygens (including phenoxy) is 2. The van der Waals surface area contributed by atoms with Crippen LogP contribution in [0.1, 0.15) is 30.0 Å². The summed E-state index contributed by atoms with van der Waals surface area (Å²) in [7, 11) is 0. The fraction of sp³-hybridized carbons (Fsp3) is 0.263. The molecule has 0 aromatic heterocycles. The maximum atomic E-state index is 10.1. The monoisotopic (exact) mass is 326 g/mol. The first-order chi connectivity index (χ1) is 11.6. The molecule has 24 heavy (non-hydrogen) atoms. The van der Waals surface area contributed by atoms with Gasteiger partial charge >= 0.3 is 0 Å². The Bertz CT molecular complexity index is 853. The van der Waals surface area contributed by atoms with Crippen LogP contribution in [0.3, 0.4) is 0 Å². The molecule has 2 heterocycles. The first-order valence-electron chi connectivity index (χ1n) is 8.00. The lowest BCUT2D eigenvalue weighted by molar-refractivity contribution is 0.157. The van der Waals surface area contributed by atoms with Crippen molar-refractivity contribution in [2.45, 2.75) is 25.9 Å². The molecule has 1 unspecified atom stereocenters. The Morgan fingerprint density at radius 1 is 1.08 bits per heavy atom. The second kappa shape index (κ2) is 5.37. The molecule has 5 nitrogen and oxygen atoms in total. The summed E-state index contributed by atoms with van der Waals surface area (Å²) in [5, 5.41) is 29.6. The molecule has 0 radical (unpaired) electrons. The van der Waals surface area contributed by atoms with Crippen molar-refractivity contribution in [3.8, 4) is 28.7 Å². The summed E-state index contributed by atoms with van der Waals surface area (Å²) in [5.41, 5.74) is 3.30. The SMILES string of the molecule is CCCc1c(O)ccc2c1OC1COc3cc(O)c(O)cc3C1=C2. The van der Waals surface area contributed by atoms with Crippen molar-refractivity contribution in [3.05, 3.63) is 41.0 Å². The molecule has 2 aromatic rings. The van der Waals surface area contributed by atoms with Gasteiger partial charge in [-0.05, 0) is 30.7 Å². The van der Waals surface area contributed by atoms with E-state index in [1.54, 1.807) is 6.07 Å². The lowest BCUT2D eigenvalue weighted by Crippen LogP contribution is -2.32. The number of hydrogen-bond acceptors (Lipinski definition) is 5. The molecule has 0 saturated carbocycles. The molecule has 2 aromatic carbocycles. The van der Waals surface area contributed by atoms with Gasteiger partial charge in [-0.25, -0.2) is 0 Å². The molecule has 4 rings (SSSR count). The summed E-state index contributed by atoms with van der Waals surface area (Å²) in [6.07, 6.45) is 3.32. The largest absolute Gasteiger partial charge is 0.508 e. The van der Waals surface area contributed by atoms with Gasteiger partial charge in [0.1, 0.15) is 23.9 Å². The fourth-order valence-corrected chi connectivity index (χ4v) is 3.29. The van der Waals surface area contributed by atoms with Crippen LogP contribution < -0.4 is 9.47 Å². The Hall–Kier alpha value is -2.82. The molecule has 124 valence electrons. The third-order valence-corrected chi connectivity index (χ3v) is 4.46. The molecule has 0 bridgehead atoms. The first kappa shape index (κ1) is 14.8. The molecular formula is C19H18O5. The molecule has 2 aliphatic rings. The second-order valence-corrected chi connectivity index (χ2v) is 6.09. The van der Waals surface area contributed by atoms with Gasteiger partial charge in [0.15, 0.2) is 17.6 Å². The summed E-state index contributed by atoms with van der Waals surface area (Å²) in [4.78, 5) is 0. The Labute approximate surface area is 139 Å². The third kappa shape index (κ3) is 2.16. The Morgan fingerprint density at radius 3 is 2.67 bits per heavy atom. The van der Waals surface area contributed by atoms with E-state index in [0.717, 1.165) is 29.5 Å². The van der Waals surface area contributed by atoms with E-state index in [-0.39, 0.29) is 23.4 Å². The molecule has 0 saturated heterocycles. The lowest BCUT2D eigenvalue weighted by atomic mass is 9.91. The van der Waals surface area contributed by atoms with E-state index in [4.69, 9.17) is 9.47 Å². The number of phenolic OH excluding ortho intramolecular Hbond substituents is 3. The van der Waals surface area contributed by atoms with Gasteiger partial charge in [-0.2, -0.15) is 0 Å². The van der Waals surface area contributed by atoms with Crippen molar-refractivity contribution in [2.75, 3.05) is 6.61 Å². The van der Waals surface area contributed by atoms with Gasteiger partial charge in [0.05, 0.1) is 0 Å². The number of fused-ring (bicyclic) bond motifs is 4. The Balaban J connectivity index is 1.87. The second-order valence-electron chi connectivity index (χ2n) is 6.09. The average Bonchev–Trinajstić information content (AvgIpc) is 2.57. The van der Waals surface area contributed by atoms with E-state index in [1.165, 1.54) is 12.1 Å². The minimum Gasteiger partial charge on any atom is -0.508 e. The van der Waals surface area contributed by atoms with E-state index >= 15 is 0 Å². The van der Waals surface area contributed by atoms with Crippen LogP contribution in [0.4, 0.5) is 0 Å². The van der Waals surface area contributed by atoms with Crippen molar-refractivity contribution >= 4 is 11.6 Å². The van der Waals surface area contributed by atoms with Crippen LogP contribution in [0.5, 0.6) is 28.7 Å². The number of benzene rings is 2. The van der Waals surface area contributed by atoms with Crippen LogP contribution in [0.15, 0.2) is 24.3 Å². The lowest BCUT2D eigenvalue weighted by Gasteiger charge is -2.33. The van der Waals surface area contributed by atoms with Crippen LogP contribution in [0.25, 0.3) is 11.6 Å². The smallest absolute Gasteiger partial charge is 0.161 e. The molecule has 0 spiro atoms. The van der Waals surface area contributed by atoms with E-state index in [0.29, 0.717) is 23.7 Å². The molecule has 0 fully saturated rings. The number of aromatic hydroxyl groups is 3. The van der Waals surface area contributed by atoms with E-state index < -0.39 is 0 Å². The zero-order valence-corrected chi connectivity index (χ0v) is 13.2. The van der Waals surface area contributed by atoms with Gasteiger partial charge in [0.2, 0.25) is 0 Å². The zero-order valence-electron chi connectivity index (χ0n) is 13.2. The van der Waals surface area contributed by atoms with Gasteiger partial charge in [-0.1, -0.05) is 13.3 Å². The van der Waals surface area contributed by atoms with Crippen molar-refractivity contribution in [1.29, 1.82) is 0 Å². The summed E-state index contributed by atoms with van der Waals surface area (Å²) >= 11 is 0. The summed E-state index contributed by atoms with van der Waals surface area (Å²) < 4.78 is 11.8. The highest BCUT2D eigenvalue weighted by Crippen LogP contribution is 2.46. The maximum absolute atomic E-state index is 10.1. The Kier molecular flexibility index (Phi) is 3.30. The van der Waals surface area contributed by atoms with Gasteiger partial charge in [-0.3, -0.25) is 0 Å². The molecule has 0 aliphatic carbocycles.